The standard InChI is InChI=1S/C8H14O/c1-5(2)8-6-3-9-4-7(6)8/h5-8H,3-4H2,1-2H3/t6-,7-/m1/s1. The molecule has 0 N–H and O–H groups in total. The molecule has 2 aliphatic rings. The van der Waals surface area contributed by atoms with Gasteiger partial charge in [0, 0.05) is 0 Å². The monoisotopic (exact) mass is 126 g/mol. The summed E-state index contributed by atoms with van der Waals surface area (Å²) in [6.45, 7) is 6.74. The van der Waals surface area contributed by atoms with E-state index in [0.29, 0.717) is 0 Å². The Morgan fingerprint density at radius 2 is 1.78 bits per heavy atom. The molecule has 52 valence electrons. The van der Waals surface area contributed by atoms with Crippen LogP contribution >= 0.6 is 0 Å². The van der Waals surface area contributed by atoms with Crippen LogP contribution in [0.25, 0.3) is 0 Å². The van der Waals surface area contributed by atoms with Crippen molar-refractivity contribution in [2.45, 2.75) is 13.8 Å². The van der Waals surface area contributed by atoms with Crippen molar-refractivity contribution >= 4 is 0 Å². The van der Waals surface area contributed by atoms with Crippen molar-refractivity contribution < 1.29 is 4.74 Å². The molecule has 1 nitrogen and oxygen atoms in total. The minimum atomic E-state index is 0.892. The van der Waals surface area contributed by atoms with Crippen molar-refractivity contribution in [3.05, 3.63) is 0 Å². The highest BCUT2D eigenvalue weighted by atomic mass is 16.5. The molecule has 0 aromatic rings. The van der Waals surface area contributed by atoms with Gasteiger partial charge in [-0.3, -0.25) is 0 Å². The molecular weight excluding hydrogens is 112 g/mol. The van der Waals surface area contributed by atoms with E-state index in [1.165, 1.54) is 0 Å². The van der Waals surface area contributed by atoms with E-state index in [1.807, 2.05) is 0 Å². The number of hydrogen-bond acceptors (Lipinski definition) is 1. The highest BCUT2D eigenvalue weighted by molar-refractivity contribution is 5.01. The predicted molar refractivity (Wildman–Crippen MR) is 36.1 cm³/mol. The molecule has 1 aliphatic carbocycles. The summed E-state index contributed by atoms with van der Waals surface area (Å²) in [4.78, 5) is 0. The third-order valence-corrected chi connectivity index (χ3v) is 2.79. The zero-order valence-corrected chi connectivity index (χ0v) is 6.13. The third kappa shape index (κ3) is 0.710. The Kier molecular flexibility index (Phi) is 1.10. The van der Waals surface area contributed by atoms with Crippen LogP contribution in [0.2, 0.25) is 0 Å². The largest absolute Gasteiger partial charge is 0.381 e. The highest BCUT2D eigenvalue weighted by Crippen LogP contribution is 2.54. The average molecular weight is 126 g/mol. The summed E-state index contributed by atoms with van der Waals surface area (Å²) < 4.78 is 5.29. The first-order valence-electron chi connectivity index (χ1n) is 3.88. The van der Waals surface area contributed by atoms with Gasteiger partial charge < -0.3 is 4.74 Å². The minimum Gasteiger partial charge on any atom is -0.381 e. The summed E-state index contributed by atoms with van der Waals surface area (Å²) in [6.07, 6.45) is 0. The molecule has 1 aliphatic heterocycles. The Labute approximate surface area is 56.4 Å². The van der Waals surface area contributed by atoms with Crippen molar-refractivity contribution in [3.63, 3.8) is 0 Å². The Hall–Kier alpha value is -0.0400. The fraction of sp³-hybridized carbons (Fsp3) is 1.00. The van der Waals surface area contributed by atoms with E-state index in [2.05, 4.69) is 13.8 Å². The number of rotatable bonds is 1. The van der Waals surface area contributed by atoms with Crippen LogP contribution in [0.4, 0.5) is 0 Å². The first-order valence-corrected chi connectivity index (χ1v) is 3.88. The SMILES string of the molecule is CC(C)C1[C@@H]2COC[C@@H]12. The van der Waals surface area contributed by atoms with Crippen LogP contribution in [0.3, 0.4) is 0 Å². The lowest BCUT2D eigenvalue weighted by molar-refractivity contribution is 0.143. The summed E-state index contributed by atoms with van der Waals surface area (Å²) in [6, 6.07) is 0. The van der Waals surface area contributed by atoms with Crippen LogP contribution in [0.5, 0.6) is 0 Å². The van der Waals surface area contributed by atoms with Gasteiger partial charge in [0.15, 0.2) is 0 Å². The Morgan fingerprint density at radius 3 is 2.11 bits per heavy atom. The second-order valence-electron chi connectivity index (χ2n) is 3.69. The molecule has 0 aromatic carbocycles. The fourth-order valence-corrected chi connectivity index (χ4v) is 2.27. The maximum Gasteiger partial charge on any atom is 0.0500 e. The fourth-order valence-electron chi connectivity index (χ4n) is 2.27. The number of ether oxygens (including phenoxy) is 1. The summed E-state index contributed by atoms with van der Waals surface area (Å²) >= 11 is 0. The van der Waals surface area contributed by atoms with Crippen LogP contribution in [0.15, 0.2) is 0 Å². The molecule has 1 heteroatoms. The van der Waals surface area contributed by atoms with E-state index in [4.69, 9.17) is 4.74 Å². The van der Waals surface area contributed by atoms with Gasteiger partial charge in [0.2, 0.25) is 0 Å². The molecule has 2 atom stereocenters. The van der Waals surface area contributed by atoms with Gasteiger partial charge in [0.1, 0.15) is 0 Å². The molecule has 1 heterocycles. The molecule has 0 spiro atoms. The Bertz CT molecular complexity index is 110. The van der Waals surface area contributed by atoms with Crippen LogP contribution in [-0.2, 0) is 4.74 Å². The van der Waals surface area contributed by atoms with Gasteiger partial charge in [-0.2, -0.15) is 0 Å². The van der Waals surface area contributed by atoms with Crippen molar-refractivity contribution in [3.8, 4) is 0 Å². The molecule has 2 fully saturated rings. The normalized spacial score (nSPS) is 47.7. The summed E-state index contributed by atoms with van der Waals surface area (Å²) in [7, 11) is 0. The first kappa shape index (κ1) is 5.72. The van der Waals surface area contributed by atoms with Crippen LogP contribution < -0.4 is 0 Å². The quantitative estimate of drug-likeness (QED) is 0.517. The van der Waals surface area contributed by atoms with Crippen molar-refractivity contribution in [1.82, 2.24) is 0 Å². The van der Waals surface area contributed by atoms with Crippen molar-refractivity contribution in [1.29, 1.82) is 0 Å². The van der Waals surface area contributed by atoms with Crippen molar-refractivity contribution in [2.75, 3.05) is 13.2 Å². The van der Waals surface area contributed by atoms with E-state index in [-0.39, 0.29) is 0 Å². The lowest BCUT2D eigenvalue weighted by Gasteiger charge is -2.05. The third-order valence-electron chi connectivity index (χ3n) is 2.79. The molecule has 0 radical (unpaired) electrons. The zero-order chi connectivity index (χ0) is 6.43. The van der Waals surface area contributed by atoms with Gasteiger partial charge in [-0.15, -0.1) is 0 Å². The average Bonchev–Trinajstić information content (AvgIpc) is 2.30. The maximum atomic E-state index is 5.29. The van der Waals surface area contributed by atoms with E-state index in [0.717, 1.165) is 36.9 Å². The van der Waals surface area contributed by atoms with Crippen LogP contribution in [0.1, 0.15) is 13.8 Å². The van der Waals surface area contributed by atoms with Gasteiger partial charge in [-0.25, -0.2) is 0 Å². The van der Waals surface area contributed by atoms with E-state index in [9.17, 15) is 0 Å². The molecule has 2 rings (SSSR count). The zero-order valence-electron chi connectivity index (χ0n) is 6.13. The molecule has 1 saturated heterocycles. The number of fused-ring (bicyclic) bond motifs is 1. The summed E-state index contributed by atoms with van der Waals surface area (Å²) in [5, 5.41) is 0. The van der Waals surface area contributed by atoms with Gasteiger partial charge in [-0.05, 0) is 23.7 Å². The Balaban J connectivity index is 1.94. The van der Waals surface area contributed by atoms with Crippen LogP contribution in [-0.4, -0.2) is 13.2 Å². The van der Waals surface area contributed by atoms with Crippen LogP contribution in [0, 0.1) is 23.7 Å². The molecular formula is C8H14O. The Morgan fingerprint density at radius 1 is 1.22 bits per heavy atom. The topological polar surface area (TPSA) is 9.23 Å². The van der Waals surface area contributed by atoms with Gasteiger partial charge in [-0.1, -0.05) is 13.8 Å². The van der Waals surface area contributed by atoms with Crippen molar-refractivity contribution in [2.24, 2.45) is 23.7 Å². The second-order valence-corrected chi connectivity index (χ2v) is 3.69. The molecule has 0 unspecified atom stereocenters. The van der Waals surface area contributed by atoms with E-state index < -0.39 is 0 Å². The second kappa shape index (κ2) is 1.72. The predicted octanol–water partition coefficient (Wildman–Crippen LogP) is 1.53. The first-order chi connectivity index (χ1) is 4.30. The highest BCUT2D eigenvalue weighted by Gasteiger charge is 2.54. The summed E-state index contributed by atoms with van der Waals surface area (Å²) in [5.41, 5.74) is 0. The van der Waals surface area contributed by atoms with Gasteiger partial charge in [0.05, 0.1) is 13.2 Å². The van der Waals surface area contributed by atoms with E-state index >= 15 is 0 Å². The molecule has 0 amide bonds. The lowest BCUT2D eigenvalue weighted by Crippen LogP contribution is -2.03. The minimum absolute atomic E-state index is 0.892. The maximum absolute atomic E-state index is 5.29. The van der Waals surface area contributed by atoms with E-state index in [1.54, 1.807) is 0 Å². The molecule has 1 saturated carbocycles. The van der Waals surface area contributed by atoms with Gasteiger partial charge in [0.25, 0.3) is 0 Å². The molecule has 0 bridgehead atoms. The molecule has 9 heavy (non-hydrogen) atoms. The molecule has 0 aromatic heterocycles. The number of hydrogen-bond donors (Lipinski definition) is 0. The van der Waals surface area contributed by atoms with Gasteiger partial charge >= 0.3 is 0 Å². The lowest BCUT2D eigenvalue weighted by atomic mass is 10.1. The summed E-state index contributed by atoms with van der Waals surface area (Å²) in [5.74, 6) is 3.80. The smallest absolute Gasteiger partial charge is 0.0500 e.